The molecule has 2 N–H and O–H groups in total. The van der Waals surface area contributed by atoms with Gasteiger partial charge >= 0.3 is 0 Å². The molecule has 1 heterocycles. The minimum absolute atomic E-state index is 0.532. The first-order chi connectivity index (χ1) is 10.1. The minimum atomic E-state index is 0.532. The summed E-state index contributed by atoms with van der Waals surface area (Å²) >= 11 is 9.48. The van der Waals surface area contributed by atoms with E-state index < -0.39 is 0 Å². The molecule has 7 heteroatoms. The molecule has 1 aromatic heterocycles. The summed E-state index contributed by atoms with van der Waals surface area (Å²) in [5.74, 6) is 0.647. The highest BCUT2D eigenvalue weighted by Crippen LogP contribution is 2.31. The number of nitrogens with zero attached hydrogens (tertiary/aromatic N) is 4. The van der Waals surface area contributed by atoms with Gasteiger partial charge in [0.25, 0.3) is 0 Å². The largest absolute Gasteiger partial charge is 0.398 e. The van der Waals surface area contributed by atoms with Crippen molar-refractivity contribution < 1.29 is 0 Å². The fraction of sp³-hybridized carbons (Fsp3) is 0.0714. The Morgan fingerprint density at radius 1 is 1.19 bits per heavy atom. The summed E-state index contributed by atoms with van der Waals surface area (Å²) in [6.45, 7) is 0.532. The van der Waals surface area contributed by atoms with Crippen LogP contribution in [-0.4, -0.2) is 20.2 Å². The zero-order valence-electron chi connectivity index (χ0n) is 10.9. The van der Waals surface area contributed by atoms with Gasteiger partial charge in [-0.3, -0.25) is 0 Å². The van der Waals surface area contributed by atoms with Crippen LogP contribution in [-0.2, 0) is 6.54 Å². The molecule has 2 aromatic carbocycles. The minimum Gasteiger partial charge on any atom is -0.398 e. The van der Waals surface area contributed by atoms with Crippen molar-refractivity contribution in [2.24, 2.45) is 0 Å². The van der Waals surface area contributed by atoms with E-state index in [0.29, 0.717) is 23.1 Å². The van der Waals surface area contributed by atoms with E-state index in [1.807, 2.05) is 42.5 Å². The fourth-order valence-corrected chi connectivity index (χ4v) is 2.69. The number of tetrazole rings is 1. The molecule has 21 heavy (non-hydrogen) atoms. The third-order valence-electron chi connectivity index (χ3n) is 3.02. The Hall–Kier alpha value is -1.92. The molecule has 0 saturated heterocycles. The molecule has 0 atom stereocenters. The molecule has 106 valence electrons. The number of anilines is 1. The number of benzene rings is 2. The lowest BCUT2D eigenvalue weighted by Gasteiger charge is -2.08. The van der Waals surface area contributed by atoms with Crippen LogP contribution in [0.1, 0.15) is 5.56 Å². The van der Waals surface area contributed by atoms with E-state index >= 15 is 0 Å². The first kappa shape index (κ1) is 14.0. The number of aromatic nitrogens is 4. The molecule has 0 fully saturated rings. The van der Waals surface area contributed by atoms with Gasteiger partial charge in [-0.15, -0.1) is 5.10 Å². The predicted molar refractivity (Wildman–Crippen MR) is 85.9 cm³/mol. The van der Waals surface area contributed by atoms with E-state index in [1.165, 1.54) is 0 Å². The standard InChI is InChI=1S/C14H11BrClN5/c15-13-11(5-2-6-12(13)17)14-18-19-20-21(14)8-9-3-1-4-10(16)7-9/h1-7H,8,17H2. The molecule has 5 nitrogen and oxygen atoms in total. The second-order valence-electron chi connectivity index (χ2n) is 4.50. The van der Waals surface area contributed by atoms with Crippen LogP contribution < -0.4 is 5.73 Å². The Labute approximate surface area is 134 Å². The lowest BCUT2D eigenvalue weighted by Crippen LogP contribution is -2.05. The van der Waals surface area contributed by atoms with Crippen molar-refractivity contribution >= 4 is 33.2 Å². The molecule has 0 aliphatic rings. The van der Waals surface area contributed by atoms with Crippen molar-refractivity contribution in [3.8, 4) is 11.4 Å². The van der Waals surface area contributed by atoms with Gasteiger partial charge in [-0.05, 0) is 56.2 Å². The van der Waals surface area contributed by atoms with Gasteiger partial charge in [0.2, 0.25) is 0 Å². The second kappa shape index (κ2) is 5.83. The number of nitrogen functional groups attached to an aromatic ring is 1. The van der Waals surface area contributed by atoms with Gasteiger partial charge in [0.15, 0.2) is 5.82 Å². The molecule has 0 spiro atoms. The zero-order valence-corrected chi connectivity index (χ0v) is 13.2. The predicted octanol–water partition coefficient (Wildman–Crippen LogP) is 3.39. The Balaban J connectivity index is 2.00. The Morgan fingerprint density at radius 3 is 2.81 bits per heavy atom. The zero-order chi connectivity index (χ0) is 14.8. The summed E-state index contributed by atoms with van der Waals surface area (Å²) in [5.41, 5.74) is 8.42. The molecule has 3 rings (SSSR count). The molecular weight excluding hydrogens is 354 g/mol. The smallest absolute Gasteiger partial charge is 0.183 e. The molecular formula is C14H11BrClN5. The third-order valence-corrected chi connectivity index (χ3v) is 4.14. The first-order valence-electron chi connectivity index (χ1n) is 6.20. The summed E-state index contributed by atoms with van der Waals surface area (Å²) in [7, 11) is 0. The number of nitrogens with two attached hydrogens (primary N) is 1. The van der Waals surface area contributed by atoms with E-state index in [2.05, 4.69) is 31.5 Å². The maximum absolute atomic E-state index is 6.00. The summed E-state index contributed by atoms with van der Waals surface area (Å²) in [6, 6.07) is 13.2. The normalized spacial score (nSPS) is 10.8. The van der Waals surface area contributed by atoms with Gasteiger partial charge in [-0.2, -0.15) is 0 Å². The van der Waals surface area contributed by atoms with Gasteiger partial charge in [0.05, 0.1) is 11.0 Å². The van der Waals surface area contributed by atoms with Crippen molar-refractivity contribution in [1.82, 2.24) is 20.2 Å². The average Bonchev–Trinajstić information content (AvgIpc) is 2.90. The second-order valence-corrected chi connectivity index (χ2v) is 5.73. The SMILES string of the molecule is Nc1cccc(-c2nnnn2Cc2cccc(Cl)c2)c1Br. The molecule has 0 saturated carbocycles. The van der Waals surface area contributed by atoms with Crippen molar-refractivity contribution in [3.05, 3.63) is 57.5 Å². The summed E-state index contributed by atoms with van der Waals surface area (Å²) < 4.78 is 2.50. The van der Waals surface area contributed by atoms with Crippen molar-refractivity contribution in [2.45, 2.75) is 6.54 Å². The van der Waals surface area contributed by atoms with Gasteiger partial charge in [-0.1, -0.05) is 29.8 Å². The third kappa shape index (κ3) is 2.91. The monoisotopic (exact) mass is 363 g/mol. The van der Waals surface area contributed by atoms with Crippen LogP contribution in [0.15, 0.2) is 46.9 Å². The molecule has 0 aliphatic heterocycles. The maximum atomic E-state index is 6.00. The van der Waals surface area contributed by atoms with Crippen LogP contribution in [0.25, 0.3) is 11.4 Å². The summed E-state index contributed by atoms with van der Waals surface area (Å²) in [6.07, 6.45) is 0. The number of halogens is 2. The molecule has 0 amide bonds. The first-order valence-corrected chi connectivity index (χ1v) is 7.37. The van der Waals surface area contributed by atoms with E-state index in [4.69, 9.17) is 17.3 Å². The summed E-state index contributed by atoms with van der Waals surface area (Å²) in [5, 5.41) is 12.6. The Bertz CT molecular complexity index is 787. The lowest BCUT2D eigenvalue weighted by atomic mass is 10.2. The maximum Gasteiger partial charge on any atom is 0.183 e. The topological polar surface area (TPSA) is 69.6 Å². The quantitative estimate of drug-likeness (QED) is 0.723. The highest BCUT2D eigenvalue weighted by molar-refractivity contribution is 9.10. The van der Waals surface area contributed by atoms with Gasteiger partial charge < -0.3 is 5.73 Å². The fourth-order valence-electron chi connectivity index (χ4n) is 2.03. The van der Waals surface area contributed by atoms with E-state index in [1.54, 1.807) is 4.68 Å². The van der Waals surface area contributed by atoms with Crippen LogP contribution in [0.2, 0.25) is 5.02 Å². The van der Waals surface area contributed by atoms with E-state index in [-0.39, 0.29) is 0 Å². The van der Waals surface area contributed by atoms with Crippen molar-refractivity contribution in [2.75, 3.05) is 5.73 Å². The van der Waals surface area contributed by atoms with Crippen LogP contribution in [0, 0.1) is 0 Å². The lowest BCUT2D eigenvalue weighted by molar-refractivity contribution is 0.653. The Kier molecular flexibility index (Phi) is 3.90. The van der Waals surface area contributed by atoms with Crippen molar-refractivity contribution in [1.29, 1.82) is 0 Å². The molecule has 0 aliphatic carbocycles. The molecule has 0 radical (unpaired) electrons. The van der Waals surface area contributed by atoms with E-state index in [9.17, 15) is 0 Å². The van der Waals surface area contributed by atoms with Crippen LogP contribution in [0.5, 0.6) is 0 Å². The highest BCUT2D eigenvalue weighted by Gasteiger charge is 2.14. The Morgan fingerprint density at radius 2 is 2.00 bits per heavy atom. The van der Waals surface area contributed by atoms with Gasteiger partial charge in [0, 0.05) is 16.3 Å². The molecule has 0 unspecified atom stereocenters. The van der Waals surface area contributed by atoms with Gasteiger partial charge in [0.1, 0.15) is 0 Å². The van der Waals surface area contributed by atoms with Crippen LogP contribution in [0.4, 0.5) is 5.69 Å². The molecule has 0 bridgehead atoms. The van der Waals surface area contributed by atoms with Gasteiger partial charge in [-0.25, -0.2) is 4.68 Å². The highest BCUT2D eigenvalue weighted by atomic mass is 79.9. The summed E-state index contributed by atoms with van der Waals surface area (Å²) in [4.78, 5) is 0. The van der Waals surface area contributed by atoms with Crippen LogP contribution in [0.3, 0.4) is 0 Å². The van der Waals surface area contributed by atoms with E-state index in [0.717, 1.165) is 15.6 Å². The average molecular weight is 365 g/mol. The van der Waals surface area contributed by atoms with Crippen molar-refractivity contribution in [3.63, 3.8) is 0 Å². The van der Waals surface area contributed by atoms with Crippen LogP contribution >= 0.6 is 27.5 Å². The number of rotatable bonds is 3. The number of hydrogen-bond acceptors (Lipinski definition) is 4. The molecule has 3 aromatic rings. The number of hydrogen-bond donors (Lipinski definition) is 1.